The molecule has 0 heterocycles. The minimum absolute atomic E-state index is 0.114. The summed E-state index contributed by atoms with van der Waals surface area (Å²) in [5, 5.41) is 9.79. The van der Waals surface area contributed by atoms with Gasteiger partial charge in [-0.2, -0.15) is 0 Å². The van der Waals surface area contributed by atoms with Gasteiger partial charge in [0.1, 0.15) is 17.4 Å². The molecular formula is C22H33NO5. The van der Waals surface area contributed by atoms with Crippen molar-refractivity contribution in [3.8, 4) is 5.75 Å². The summed E-state index contributed by atoms with van der Waals surface area (Å²) in [4.78, 5) is 26.3. The average molecular weight is 392 g/mol. The molecule has 0 radical (unpaired) electrons. The van der Waals surface area contributed by atoms with Crippen molar-refractivity contribution in [2.24, 2.45) is 11.8 Å². The predicted molar refractivity (Wildman–Crippen MR) is 108 cm³/mol. The molecule has 28 heavy (non-hydrogen) atoms. The second-order valence-corrected chi connectivity index (χ2v) is 8.99. The van der Waals surface area contributed by atoms with Gasteiger partial charge < -0.3 is 14.6 Å². The summed E-state index contributed by atoms with van der Waals surface area (Å²) >= 11 is 0. The van der Waals surface area contributed by atoms with Gasteiger partial charge in [-0.15, -0.1) is 0 Å². The Morgan fingerprint density at radius 3 is 2.29 bits per heavy atom. The van der Waals surface area contributed by atoms with Crippen molar-refractivity contribution >= 4 is 12.1 Å². The Morgan fingerprint density at radius 2 is 1.82 bits per heavy atom. The van der Waals surface area contributed by atoms with E-state index < -0.39 is 23.7 Å². The van der Waals surface area contributed by atoms with E-state index in [2.05, 4.69) is 0 Å². The summed E-state index contributed by atoms with van der Waals surface area (Å²) in [5.41, 5.74) is 0.476. The number of hydrogen-bond donors (Lipinski definition) is 1. The van der Waals surface area contributed by atoms with E-state index in [-0.39, 0.29) is 17.9 Å². The summed E-state index contributed by atoms with van der Waals surface area (Å²) in [7, 11) is 1.63. The number of carboxylic acid groups (broad SMARTS) is 1. The van der Waals surface area contributed by atoms with Crippen molar-refractivity contribution in [3.63, 3.8) is 0 Å². The molecule has 0 aromatic heterocycles. The van der Waals surface area contributed by atoms with Gasteiger partial charge in [0.2, 0.25) is 0 Å². The van der Waals surface area contributed by atoms with Crippen LogP contribution in [0.15, 0.2) is 24.3 Å². The Labute approximate surface area is 167 Å². The van der Waals surface area contributed by atoms with Gasteiger partial charge in [0, 0.05) is 6.04 Å². The zero-order valence-electron chi connectivity index (χ0n) is 17.8. The Hall–Kier alpha value is -2.24. The lowest BCUT2D eigenvalue weighted by atomic mass is 10.0. The first-order valence-corrected chi connectivity index (χ1v) is 9.89. The highest BCUT2D eigenvalue weighted by Gasteiger charge is 2.49. The summed E-state index contributed by atoms with van der Waals surface area (Å²) in [5.74, 6) is 0.212. The fraction of sp³-hybridized carbons (Fsp3) is 0.636. The average Bonchev–Trinajstić information content (AvgIpc) is 3.31. The second kappa shape index (κ2) is 8.84. The molecule has 1 aromatic rings. The molecule has 6 heteroatoms. The molecule has 1 amide bonds. The van der Waals surface area contributed by atoms with Gasteiger partial charge in [-0.05, 0) is 69.6 Å². The highest BCUT2D eigenvalue weighted by molar-refractivity contribution is 5.80. The van der Waals surface area contributed by atoms with E-state index in [1.165, 1.54) is 4.90 Å². The Kier molecular flexibility index (Phi) is 6.96. The van der Waals surface area contributed by atoms with Crippen LogP contribution < -0.4 is 4.74 Å². The molecule has 1 saturated carbocycles. The first-order valence-electron chi connectivity index (χ1n) is 9.89. The van der Waals surface area contributed by atoms with E-state index in [0.29, 0.717) is 6.42 Å². The number of hydrogen-bond acceptors (Lipinski definition) is 4. The second-order valence-electron chi connectivity index (χ2n) is 8.99. The molecular weight excluding hydrogens is 358 g/mol. The molecule has 2 rings (SSSR count). The molecule has 0 spiro atoms. The largest absolute Gasteiger partial charge is 0.497 e. The van der Waals surface area contributed by atoms with Crippen molar-refractivity contribution in [1.29, 1.82) is 0 Å². The van der Waals surface area contributed by atoms with E-state index >= 15 is 0 Å². The van der Waals surface area contributed by atoms with E-state index in [0.717, 1.165) is 24.2 Å². The standard InChI is InChI=1S/C22H33NO5/c1-14(2)11-19(20(24)25)23(21(26)28-22(3,4)5)18-13-16(18)12-15-7-9-17(27-6)10-8-15/h7-10,14,16,18-19H,11-13H2,1-6H3,(H,24,25)/t16-,18-,19-/m0/s1. The molecule has 3 atom stereocenters. The van der Waals surface area contributed by atoms with Crippen LogP contribution in [0, 0.1) is 11.8 Å². The number of carbonyl (C=O) groups excluding carboxylic acids is 1. The minimum atomic E-state index is -0.977. The maximum absolute atomic E-state index is 12.9. The molecule has 1 aromatic carbocycles. The van der Waals surface area contributed by atoms with Crippen LogP contribution in [-0.2, 0) is 16.0 Å². The smallest absolute Gasteiger partial charge is 0.411 e. The van der Waals surface area contributed by atoms with Gasteiger partial charge in [-0.3, -0.25) is 4.90 Å². The topological polar surface area (TPSA) is 76.1 Å². The number of nitrogens with zero attached hydrogens (tertiary/aromatic N) is 1. The number of benzene rings is 1. The Morgan fingerprint density at radius 1 is 1.21 bits per heavy atom. The third kappa shape index (κ3) is 6.14. The summed E-state index contributed by atoms with van der Waals surface area (Å²) in [6.45, 7) is 9.31. The Balaban J connectivity index is 2.16. The molecule has 0 bridgehead atoms. The zero-order valence-corrected chi connectivity index (χ0v) is 17.8. The molecule has 1 fully saturated rings. The van der Waals surface area contributed by atoms with Crippen molar-refractivity contribution in [2.75, 3.05) is 7.11 Å². The lowest BCUT2D eigenvalue weighted by Gasteiger charge is -2.32. The zero-order chi connectivity index (χ0) is 21.1. The summed E-state index contributed by atoms with van der Waals surface area (Å²) in [6, 6.07) is 6.86. The lowest BCUT2D eigenvalue weighted by molar-refractivity contribution is -0.144. The van der Waals surface area contributed by atoms with Crippen LogP contribution in [0.3, 0.4) is 0 Å². The third-order valence-electron chi connectivity index (χ3n) is 4.82. The van der Waals surface area contributed by atoms with Gasteiger partial charge in [-0.1, -0.05) is 26.0 Å². The van der Waals surface area contributed by atoms with Crippen LogP contribution in [0.5, 0.6) is 5.75 Å². The molecule has 1 aliphatic rings. The number of ether oxygens (including phenoxy) is 2. The van der Waals surface area contributed by atoms with Gasteiger partial charge >= 0.3 is 12.1 Å². The lowest BCUT2D eigenvalue weighted by Crippen LogP contribution is -2.49. The van der Waals surface area contributed by atoms with E-state index in [1.54, 1.807) is 27.9 Å². The molecule has 0 aliphatic heterocycles. The predicted octanol–water partition coefficient (Wildman–Crippen LogP) is 4.36. The van der Waals surface area contributed by atoms with Gasteiger partial charge in [0.25, 0.3) is 0 Å². The van der Waals surface area contributed by atoms with Gasteiger partial charge in [0.15, 0.2) is 0 Å². The summed E-state index contributed by atoms with van der Waals surface area (Å²) < 4.78 is 10.7. The van der Waals surface area contributed by atoms with Crippen LogP contribution in [0.2, 0.25) is 0 Å². The number of rotatable bonds is 8. The monoisotopic (exact) mass is 391 g/mol. The normalized spacial score (nSPS) is 19.8. The summed E-state index contributed by atoms with van der Waals surface area (Å²) in [6.07, 6.45) is 1.44. The number of aliphatic carboxylic acids is 1. The van der Waals surface area contributed by atoms with Crippen molar-refractivity contribution in [3.05, 3.63) is 29.8 Å². The van der Waals surface area contributed by atoms with E-state index in [1.807, 2.05) is 38.1 Å². The van der Waals surface area contributed by atoms with Gasteiger partial charge in [-0.25, -0.2) is 9.59 Å². The van der Waals surface area contributed by atoms with Crippen molar-refractivity contribution < 1.29 is 24.2 Å². The highest BCUT2D eigenvalue weighted by Crippen LogP contribution is 2.41. The van der Waals surface area contributed by atoms with Crippen molar-refractivity contribution in [1.82, 2.24) is 4.90 Å². The number of carboxylic acids is 1. The first kappa shape index (κ1) is 22.1. The Bertz CT molecular complexity index is 677. The van der Waals surface area contributed by atoms with E-state index in [9.17, 15) is 14.7 Å². The molecule has 0 saturated heterocycles. The number of methoxy groups -OCH3 is 1. The van der Waals surface area contributed by atoms with Crippen LogP contribution in [0.4, 0.5) is 4.79 Å². The van der Waals surface area contributed by atoms with Crippen LogP contribution in [0.1, 0.15) is 53.0 Å². The SMILES string of the molecule is COc1ccc(C[C@H]2C[C@@H]2N(C(=O)OC(C)(C)C)[C@@H](CC(C)C)C(=O)O)cc1. The van der Waals surface area contributed by atoms with Crippen LogP contribution >= 0.6 is 0 Å². The number of amides is 1. The first-order chi connectivity index (χ1) is 13.0. The van der Waals surface area contributed by atoms with E-state index in [4.69, 9.17) is 9.47 Å². The molecule has 0 unspecified atom stereocenters. The molecule has 6 nitrogen and oxygen atoms in total. The highest BCUT2D eigenvalue weighted by atomic mass is 16.6. The number of carbonyl (C=O) groups is 2. The quantitative estimate of drug-likeness (QED) is 0.712. The maximum atomic E-state index is 12.9. The molecule has 156 valence electrons. The van der Waals surface area contributed by atoms with Crippen LogP contribution in [-0.4, -0.2) is 46.9 Å². The van der Waals surface area contributed by atoms with Crippen LogP contribution in [0.25, 0.3) is 0 Å². The van der Waals surface area contributed by atoms with Gasteiger partial charge in [0.05, 0.1) is 7.11 Å². The third-order valence-corrected chi connectivity index (χ3v) is 4.82. The minimum Gasteiger partial charge on any atom is -0.497 e. The van der Waals surface area contributed by atoms with Crippen molar-refractivity contribution in [2.45, 2.75) is 71.6 Å². The molecule has 1 aliphatic carbocycles. The fourth-order valence-electron chi connectivity index (χ4n) is 3.44. The maximum Gasteiger partial charge on any atom is 0.411 e. The molecule has 1 N–H and O–H groups in total. The fourth-order valence-corrected chi connectivity index (χ4v) is 3.44.